The highest BCUT2D eigenvalue weighted by Gasteiger charge is 2.22. The highest BCUT2D eigenvalue weighted by Crippen LogP contribution is 2.35. The van der Waals surface area contributed by atoms with Gasteiger partial charge in [-0.3, -0.25) is 4.79 Å². The molecule has 0 saturated heterocycles. The largest absolute Gasteiger partial charge is 0.494 e. The molecule has 0 unspecified atom stereocenters. The van der Waals surface area contributed by atoms with E-state index in [0.717, 1.165) is 38.6 Å². The van der Waals surface area contributed by atoms with E-state index < -0.39 is 0 Å². The lowest BCUT2D eigenvalue weighted by atomic mass is 10.2. The third-order valence-corrected chi connectivity index (χ3v) is 5.95. The summed E-state index contributed by atoms with van der Waals surface area (Å²) in [5.74, 6) is 0.687. The van der Waals surface area contributed by atoms with Crippen LogP contribution in [0.3, 0.4) is 0 Å². The van der Waals surface area contributed by atoms with Crippen LogP contribution in [-0.2, 0) is 6.54 Å². The van der Waals surface area contributed by atoms with Crippen LogP contribution in [0, 0.1) is 13.8 Å². The van der Waals surface area contributed by atoms with Gasteiger partial charge in [0, 0.05) is 35.1 Å². The van der Waals surface area contributed by atoms with Gasteiger partial charge in [-0.15, -0.1) is 11.3 Å². The standard InChI is InChI=1S/C23H23N3O2S/c1-4-28-19-10-6-5-8-17(19)14-25-22(27)21-20(26-15(2)11-12-16(26)3)18-9-7-13-24-23(18)29-21/h5-13H,4,14H2,1-3H3,(H,25,27). The molecule has 3 aromatic heterocycles. The molecule has 0 fully saturated rings. The van der Waals surface area contributed by atoms with Gasteiger partial charge in [-0.2, -0.15) is 0 Å². The van der Waals surface area contributed by atoms with Crippen LogP contribution < -0.4 is 10.1 Å². The number of para-hydroxylation sites is 1. The van der Waals surface area contributed by atoms with Gasteiger partial charge < -0.3 is 14.6 Å². The quantitative estimate of drug-likeness (QED) is 0.489. The molecule has 4 rings (SSSR count). The van der Waals surface area contributed by atoms with Gasteiger partial charge in [0.25, 0.3) is 5.91 Å². The third-order valence-electron chi connectivity index (χ3n) is 4.85. The molecular weight excluding hydrogens is 382 g/mol. The van der Waals surface area contributed by atoms with Gasteiger partial charge in [0.05, 0.1) is 12.3 Å². The lowest BCUT2D eigenvalue weighted by molar-refractivity contribution is 0.0955. The smallest absolute Gasteiger partial charge is 0.263 e. The lowest BCUT2D eigenvalue weighted by Gasteiger charge is -2.13. The Morgan fingerprint density at radius 1 is 1.10 bits per heavy atom. The van der Waals surface area contributed by atoms with Crippen molar-refractivity contribution in [2.24, 2.45) is 0 Å². The van der Waals surface area contributed by atoms with E-state index in [2.05, 4.69) is 27.0 Å². The van der Waals surface area contributed by atoms with Crippen molar-refractivity contribution in [3.05, 3.63) is 76.6 Å². The van der Waals surface area contributed by atoms with E-state index in [1.54, 1.807) is 6.20 Å². The minimum Gasteiger partial charge on any atom is -0.494 e. The number of amides is 1. The van der Waals surface area contributed by atoms with Crippen molar-refractivity contribution in [3.8, 4) is 11.4 Å². The summed E-state index contributed by atoms with van der Waals surface area (Å²) in [4.78, 5) is 19.2. The molecule has 6 heteroatoms. The number of rotatable bonds is 6. The van der Waals surface area contributed by atoms with E-state index in [0.29, 0.717) is 18.0 Å². The number of thiophene rings is 1. The zero-order valence-corrected chi connectivity index (χ0v) is 17.5. The number of pyridine rings is 1. The summed E-state index contributed by atoms with van der Waals surface area (Å²) in [5.41, 5.74) is 4.02. The Morgan fingerprint density at radius 2 is 1.86 bits per heavy atom. The molecule has 1 aromatic carbocycles. The number of hydrogen-bond donors (Lipinski definition) is 1. The average Bonchev–Trinajstić information content (AvgIpc) is 3.26. The number of carbonyl (C=O) groups is 1. The molecular formula is C23H23N3O2S. The van der Waals surface area contributed by atoms with Gasteiger partial charge in [0.15, 0.2) is 0 Å². The van der Waals surface area contributed by atoms with E-state index in [9.17, 15) is 4.79 Å². The first kappa shape index (κ1) is 19.2. The number of ether oxygens (including phenoxy) is 1. The molecule has 5 nitrogen and oxygen atoms in total. The second-order valence-electron chi connectivity index (χ2n) is 6.81. The predicted octanol–water partition coefficient (Wildman–Crippen LogP) is 5.03. The van der Waals surface area contributed by atoms with Crippen molar-refractivity contribution in [2.45, 2.75) is 27.3 Å². The normalized spacial score (nSPS) is 11.0. The SMILES string of the molecule is CCOc1ccccc1CNC(=O)c1sc2ncccc2c1-n1c(C)ccc1C. The van der Waals surface area contributed by atoms with Gasteiger partial charge in [0.2, 0.25) is 0 Å². The molecule has 0 bridgehead atoms. The van der Waals surface area contributed by atoms with Gasteiger partial charge in [0.1, 0.15) is 15.5 Å². The minimum atomic E-state index is -0.109. The van der Waals surface area contributed by atoms with Crippen LogP contribution in [0.5, 0.6) is 5.75 Å². The maximum absolute atomic E-state index is 13.2. The molecule has 4 aromatic rings. The predicted molar refractivity (Wildman–Crippen MR) is 117 cm³/mol. The second-order valence-corrected chi connectivity index (χ2v) is 7.81. The summed E-state index contributed by atoms with van der Waals surface area (Å²) in [6.07, 6.45) is 1.76. The number of fused-ring (bicyclic) bond motifs is 1. The van der Waals surface area contributed by atoms with E-state index in [-0.39, 0.29) is 5.91 Å². The van der Waals surface area contributed by atoms with Gasteiger partial charge >= 0.3 is 0 Å². The maximum atomic E-state index is 13.2. The highest BCUT2D eigenvalue weighted by atomic mass is 32.1. The van der Waals surface area contributed by atoms with Crippen LogP contribution in [0.1, 0.15) is 33.5 Å². The first-order chi connectivity index (χ1) is 14.1. The number of nitrogens with zero attached hydrogens (tertiary/aromatic N) is 2. The Bertz CT molecular complexity index is 1160. The van der Waals surface area contributed by atoms with E-state index in [1.165, 1.54) is 11.3 Å². The second kappa shape index (κ2) is 8.09. The fraction of sp³-hybridized carbons (Fsp3) is 0.217. The third kappa shape index (κ3) is 3.63. The molecule has 3 heterocycles. The summed E-state index contributed by atoms with van der Waals surface area (Å²) in [5, 5.41) is 4.05. The Balaban J connectivity index is 1.71. The molecule has 0 spiro atoms. The summed E-state index contributed by atoms with van der Waals surface area (Å²) in [6, 6.07) is 15.8. The number of nitrogens with one attached hydrogen (secondary N) is 1. The lowest BCUT2D eigenvalue weighted by Crippen LogP contribution is -2.23. The van der Waals surface area contributed by atoms with Crippen molar-refractivity contribution in [3.63, 3.8) is 0 Å². The Morgan fingerprint density at radius 3 is 2.62 bits per heavy atom. The number of hydrogen-bond acceptors (Lipinski definition) is 4. The van der Waals surface area contributed by atoms with Crippen molar-refractivity contribution < 1.29 is 9.53 Å². The van der Waals surface area contributed by atoms with Gasteiger partial charge in [-0.25, -0.2) is 4.98 Å². The molecule has 1 N–H and O–H groups in total. The summed E-state index contributed by atoms with van der Waals surface area (Å²) < 4.78 is 7.80. The summed E-state index contributed by atoms with van der Waals surface area (Å²) in [7, 11) is 0. The van der Waals surface area contributed by atoms with E-state index >= 15 is 0 Å². The fourth-order valence-electron chi connectivity index (χ4n) is 3.52. The molecule has 0 saturated carbocycles. The first-order valence-electron chi connectivity index (χ1n) is 9.62. The highest BCUT2D eigenvalue weighted by molar-refractivity contribution is 7.21. The molecule has 0 atom stereocenters. The minimum absolute atomic E-state index is 0.109. The van der Waals surface area contributed by atoms with Crippen LogP contribution in [-0.4, -0.2) is 22.1 Å². The van der Waals surface area contributed by atoms with Gasteiger partial charge in [-0.05, 0) is 51.1 Å². The Labute approximate surface area is 174 Å². The topological polar surface area (TPSA) is 56.1 Å². The zero-order chi connectivity index (χ0) is 20.4. The van der Waals surface area contributed by atoms with Crippen LogP contribution in [0.4, 0.5) is 0 Å². The van der Waals surface area contributed by atoms with Crippen molar-refractivity contribution >= 4 is 27.5 Å². The molecule has 0 radical (unpaired) electrons. The van der Waals surface area contributed by atoms with Crippen LogP contribution in [0.2, 0.25) is 0 Å². The first-order valence-corrected chi connectivity index (χ1v) is 10.4. The van der Waals surface area contributed by atoms with Crippen molar-refractivity contribution in [1.29, 1.82) is 0 Å². The fourth-order valence-corrected chi connectivity index (χ4v) is 4.56. The van der Waals surface area contributed by atoms with Crippen molar-refractivity contribution in [2.75, 3.05) is 6.61 Å². The molecule has 148 valence electrons. The summed E-state index contributed by atoms with van der Waals surface area (Å²) >= 11 is 1.42. The Hall–Kier alpha value is -3.12. The van der Waals surface area contributed by atoms with Crippen LogP contribution in [0.25, 0.3) is 15.9 Å². The molecule has 0 aliphatic rings. The molecule has 1 amide bonds. The van der Waals surface area contributed by atoms with E-state index in [1.807, 2.05) is 57.2 Å². The molecule has 0 aliphatic carbocycles. The zero-order valence-electron chi connectivity index (χ0n) is 16.7. The monoisotopic (exact) mass is 405 g/mol. The maximum Gasteiger partial charge on any atom is 0.263 e. The summed E-state index contributed by atoms with van der Waals surface area (Å²) in [6.45, 7) is 7.04. The van der Waals surface area contributed by atoms with Crippen LogP contribution >= 0.6 is 11.3 Å². The number of benzene rings is 1. The number of aromatic nitrogens is 2. The Kier molecular flexibility index (Phi) is 5.36. The van der Waals surface area contributed by atoms with Crippen LogP contribution in [0.15, 0.2) is 54.7 Å². The number of aryl methyl sites for hydroxylation is 2. The van der Waals surface area contributed by atoms with E-state index in [4.69, 9.17) is 4.74 Å². The number of carbonyl (C=O) groups excluding carboxylic acids is 1. The molecule has 0 aliphatic heterocycles. The average molecular weight is 406 g/mol. The van der Waals surface area contributed by atoms with Gasteiger partial charge in [-0.1, -0.05) is 18.2 Å². The molecule has 29 heavy (non-hydrogen) atoms. The van der Waals surface area contributed by atoms with Crippen molar-refractivity contribution in [1.82, 2.24) is 14.9 Å².